The van der Waals surface area contributed by atoms with Crippen molar-refractivity contribution in [2.45, 2.75) is 44.8 Å². The second kappa shape index (κ2) is 5.12. The van der Waals surface area contributed by atoms with Crippen LogP contribution in [-0.4, -0.2) is 36.2 Å². The molecule has 0 amide bonds. The molecule has 0 radical (unpaired) electrons. The molecule has 0 spiro atoms. The van der Waals surface area contributed by atoms with Crippen LogP contribution in [-0.2, 0) is 23.8 Å². The summed E-state index contributed by atoms with van der Waals surface area (Å²) < 4.78 is 3.90. The lowest BCUT2D eigenvalue weighted by atomic mass is 10.1. The third-order valence-corrected chi connectivity index (χ3v) is 3.93. The zero-order valence-electron chi connectivity index (χ0n) is 12.5. The first-order valence-electron chi connectivity index (χ1n) is 6.55. The number of carboxylic acid groups (broad SMARTS) is 1. The molecule has 1 N–H and O–H groups in total. The molecular formula is C13H20N4O2S. The average molecular weight is 296 g/mol. The Morgan fingerprint density at radius 1 is 1.40 bits per heavy atom. The van der Waals surface area contributed by atoms with E-state index in [0.29, 0.717) is 0 Å². The molecule has 0 bridgehead atoms. The maximum absolute atomic E-state index is 10.8. The fraction of sp³-hybridized carbons (Fsp3) is 0.615. The number of carboxylic acids is 1. The summed E-state index contributed by atoms with van der Waals surface area (Å²) in [6.45, 7) is 8.29. The Morgan fingerprint density at radius 3 is 2.55 bits per heavy atom. The fourth-order valence-corrected chi connectivity index (χ4v) is 3.12. The first kappa shape index (κ1) is 14.9. The van der Waals surface area contributed by atoms with Crippen LogP contribution in [0.25, 0.3) is 11.2 Å². The second-order valence-electron chi connectivity index (χ2n) is 5.68. The molecule has 0 aliphatic carbocycles. The smallest absolute Gasteiger partial charge is 0.313 e. The number of fused-ring (bicyclic) bond motifs is 1. The van der Waals surface area contributed by atoms with Crippen molar-refractivity contribution >= 4 is 28.9 Å². The SMILES string of the molecule is CCc1nn(C)c2c1nc(SCC(=O)O)n2C(C)(C)C. The van der Waals surface area contributed by atoms with Crippen LogP contribution in [0.4, 0.5) is 0 Å². The minimum Gasteiger partial charge on any atom is -0.481 e. The Morgan fingerprint density at radius 2 is 2.05 bits per heavy atom. The van der Waals surface area contributed by atoms with E-state index in [0.717, 1.165) is 28.4 Å². The van der Waals surface area contributed by atoms with Crippen molar-refractivity contribution in [2.24, 2.45) is 7.05 Å². The van der Waals surface area contributed by atoms with E-state index in [-0.39, 0.29) is 11.3 Å². The molecule has 0 atom stereocenters. The molecule has 0 saturated carbocycles. The summed E-state index contributed by atoms with van der Waals surface area (Å²) in [4.78, 5) is 15.4. The molecule has 6 nitrogen and oxygen atoms in total. The fourth-order valence-electron chi connectivity index (χ4n) is 2.23. The van der Waals surface area contributed by atoms with Gasteiger partial charge >= 0.3 is 5.97 Å². The number of aromatic nitrogens is 4. The van der Waals surface area contributed by atoms with E-state index in [4.69, 9.17) is 5.11 Å². The summed E-state index contributed by atoms with van der Waals surface area (Å²) in [5.74, 6) is -0.828. The minimum absolute atomic E-state index is 0.00822. The maximum atomic E-state index is 10.8. The Kier molecular flexibility index (Phi) is 3.82. The van der Waals surface area contributed by atoms with Crippen LogP contribution in [0.5, 0.6) is 0 Å². The van der Waals surface area contributed by atoms with Crippen LogP contribution in [0.2, 0.25) is 0 Å². The molecule has 0 aromatic carbocycles. The van der Waals surface area contributed by atoms with Crippen molar-refractivity contribution < 1.29 is 9.90 Å². The highest BCUT2D eigenvalue weighted by molar-refractivity contribution is 7.99. The van der Waals surface area contributed by atoms with Crippen LogP contribution >= 0.6 is 11.8 Å². The van der Waals surface area contributed by atoms with Gasteiger partial charge in [-0.2, -0.15) is 5.10 Å². The lowest BCUT2D eigenvalue weighted by Gasteiger charge is -2.24. The van der Waals surface area contributed by atoms with Crippen LogP contribution < -0.4 is 0 Å². The predicted octanol–water partition coefficient (Wildman–Crippen LogP) is 2.26. The molecule has 0 saturated heterocycles. The molecule has 0 aliphatic heterocycles. The molecule has 7 heteroatoms. The Balaban J connectivity index is 2.64. The number of aliphatic carboxylic acids is 1. The van der Waals surface area contributed by atoms with Crippen LogP contribution in [0.15, 0.2) is 5.16 Å². The molecular weight excluding hydrogens is 276 g/mol. The van der Waals surface area contributed by atoms with E-state index >= 15 is 0 Å². The van der Waals surface area contributed by atoms with Crippen molar-refractivity contribution in [3.63, 3.8) is 0 Å². The van der Waals surface area contributed by atoms with Crippen LogP contribution in [0, 0.1) is 0 Å². The Labute approximate surface area is 122 Å². The summed E-state index contributed by atoms with van der Waals surface area (Å²) in [7, 11) is 1.90. The van der Waals surface area contributed by atoms with Gasteiger partial charge in [0.05, 0.1) is 11.4 Å². The van der Waals surface area contributed by atoms with Gasteiger partial charge in [0, 0.05) is 12.6 Å². The normalized spacial score (nSPS) is 12.2. The van der Waals surface area contributed by atoms with Gasteiger partial charge in [-0.1, -0.05) is 18.7 Å². The van der Waals surface area contributed by atoms with Gasteiger partial charge in [-0.15, -0.1) is 0 Å². The minimum atomic E-state index is -0.837. The van der Waals surface area contributed by atoms with Gasteiger partial charge < -0.3 is 5.11 Å². The van der Waals surface area contributed by atoms with E-state index in [2.05, 4.69) is 35.4 Å². The molecule has 2 aromatic rings. The van der Waals surface area contributed by atoms with Gasteiger partial charge in [0.15, 0.2) is 10.8 Å². The topological polar surface area (TPSA) is 72.9 Å². The third-order valence-electron chi connectivity index (χ3n) is 3.00. The van der Waals surface area contributed by atoms with E-state index in [9.17, 15) is 4.79 Å². The Hall–Kier alpha value is -1.50. The number of nitrogens with zero attached hydrogens (tertiary/aromatic N) is 4. The van der Waals surface area contributed by atoms with E-state index in [1.54, 1.807) is 0 Å². The van der Waals surface area contributed by atoms with E-state index < -0.39 is 5.97 Å². The number of thioether (sulfide) groups is 1. The molecule has 110 valence electrons. The molecule has 0 aliphatic rings. The van der Waals surface area contributed by atoms with Gasteiger partial charge in [0.1, 0.15) is 5.52 Å². The third kappa shape index (κ3) is 2.54. The van der Waals surface area contributed by atoms with Crippen molar-refractivity contribution in [3.8, 4) is 0 Å². The summed E-state index contributed by atoms with van der Waals surface area (Å²) >= 11 is 1.25. The van der Waals surface area contributed by atoms with Crippen molar-refractivity contribution in [1.29, 1.82) is 0 Å². The van der Waals surface area contributed by atoms with E-state index in [1.165, 1.54) is 11.8 Å². The summed E-state index contributed by atoms with van der Waals surface area (Å²) in [5.41, 5.74) is 2.58. The largest absolute Gasteiger partial charge is 0.481 e. The number of rotatable bonds is 4. The summed E-state index contributed by atoms with van der Waals surface area (Å²) in [6, 6.07) is 0. The van der Waals surface area contributed by atoms with Crippen LogP contribution in [0.1, 0.15) is 33.4 Å². The molecule has 0 fully saturated rings. The van der Waals surface area contributed by atoms with Crippen molar-refractivity contribution in [2.75, 3.05) is 5.75 Å². The van der Waals surface area contributed by atoms with Crippen molar-refractivity contribution in [3.05, 3.63) is 5.69 Å². The van der Waals surface area contributed by atoms with E-state index in [1.807, 2.05) is 18.7 Å². The highest BCUT2D eigenvalue weighted by Crippen LogP contribution is 2.31. The first-order valence-corrected chi connectivity index (χ1v) is 7.53. The van der Waals surface area contributed by atoms with Gasteiger partial charge in [0.2, 0.25) is 0 Å². The highest BCUT2D eigenvalue weighted by atomic mass is 32.2. The zero-order chi connectivity index (χ0) is 15.1. The predicted molar refractivity (Wildman–Crippen MR) is 79.2 cm³/mol. The number of hydrogen-bond acceptors (Lipinski definition) is 4. The maximum Gasteiger partial charge on any atom is 0.313 e. The lowest BCUT2D eigenvalue weighted by molar-refractivity contribution is -0.133. The Bertz CT molecular complexity index is 651. The number of carbonyl (C=O) groups is 1. The monoisotopic (exact) mass is 296 g/mol. The summed E-state index contributed by atoms with van der Waals surface area (Å²) in [6.07, 6.45) is 0.807. The quantitative estimate of drug-likeness (QED) is 0.876. The standard InChI is InChI=1S/C13H20N4O2S/c1-6-8-10-11(16(5)15-8)17(13(2,3)4)12(14-10)20-7-9(18)19/h6-7H2,1-5H3,(H,18,19). The first-order chi connectivity index (χ1) is 9.25. The number of aryl methyl sites for hydroxylation is 2. The molecule has 0 unspecified atom stereocenters. The zero-order valence-corrected chi connectivity index (χ0v) is 13.3. The molecule has 20 heavy (non-hydrogen) atoms. The number of hydrogen-bond donors (Lipinski definition) is 1. The van der Waals surface area contributed by atoms with Gasteiger partial charge in [-0.3, -0.25) is 14.0 Å². The lowest BCUT2D eigenvalue weighted by Crippen LogP contribution is -2.24. The molecule has 2 heterocycles. The summed E-state index contributed by atoms with van der Waals surface area (Å²) in [5, 5.41) is 14.1. The van der Waals surface area contributed by atoms with Gasteiger partial charge in [-0.25, -0.2) is 4.98 Å². The second-order valence-corrected chi connectivity index (χ2v) is 6.62. The van der Waals surface area contributed by atoms with Gasteiger partial charge in [-0.05, 0) is 27.2 Å². The van der Waals surface area contributed by atoms with Crippen molar-refractivity contribution in [1.82, 2.24) is 19.3 Å². The van der Waals surface area contributed by atoms with Gasteiger partial charge in [0.25, 0.3) is 0 Å². The molecule has 2 aromatic heterocycles. The van der Waals surface area contributed by atoms with Crippen LogP contribution in [0.3, 0.4) is 0 Å². The number of imidazole rings is 1. The average Bonchev–Trinajstić information content (AvgIpc) is 2.83. The highest BCUT2D eigenvalue weighted by Gasteiger charge is 2.26. The molecule has 2 rings (SSSR count).